The SMILES string of the molecule is CCC(Oc1ccc2ccccc2c1)C(=O)Nc1ccc(OC)c(S(=O)(=O)N2CCOCC2)c1. The van der Waals surface area contributed by atoms with Crippen LogP contribution in [0.25, 0.3) is 10.8 Å². The first kappa shape index (κ1) is 24.0. The molecule has 4 rings (SSSR count). The van der Waals surface area contributed by atoms with Crippen molar-refractivity contribution in [2.45, 2.75) is 24.3 Å². The Morgan fingerprint density at radius 1 is 1.06 bits per heavy atom. The van der Waals surface area contributed by atoms with Crippen molar-refractivity contribution in [3.05, 3.63) is 60.7 Å². The van der Waals surface area contributed by atoms with E-state index in [9.17, 15) is 13.2 Å². The summed E-state index contributed by atoms with van der Waals surface area (Å²) in [6.45, 7) is 3.05. The molecule has 0 radical (unpaired) electrons. The Labute approximate surface area is 199 Å². The van der Waals surface area contributed by atoms with Crippen LogP contribution < -0.4 is 14.8 Å². The number of benzene rings is 3. The molecule has 1 N–H and O–H groups in total. The Morgan fingerprint density at radius 3 is 2.50 bits per heavy atom. The van der Waals surface area contributed by atoms with E-state index < -0.39 is 16.1 Å². The highest BCUT2D eigenvalue weighted by Crippen LogP contribution is 2.30. The Hall–Kier alpha value is -3.14. The van der Waals surface area contributed by atoms with Crippen LogP contribution in [-0.2, 0) is 19.6 Å². The molecule has 0 saturated carbocycles. The summed E-state index contributed by atoms with van der Waals surface area (Å²) < 4.78 is 44.3. The second-order valence-corrected chi connectivity index (χ2v) is 9.80. The van der Waals surface area contributed by atoms with Gasteiger partial charge in [0.2, 0.25) is 10.0 Å². The number of hydrogen-bond acceptors (Lipinski definition) is 6. The van der Waals surface area contributed by atoms with Crippen molar-refractivity contribution in [2.75, 3.05) is 38.7 Å². The molecule has 1 aliphatic rings. The van der Waals surface area contributed by atoms with Gasteiger partial charge in [0.15, 0.2) is 6.10 Å². The van der Waals surface area contributed by atoms with Gasteiger partial charge >= 0.3 is 0 Å². The fourth-order valence-electron chi connectivity index (χ4n) is 3.83. The van der Waals surface area contributed by atoms with Crippen LogP contribution in [0.5, 0.6) is 11.5 Å². The summed E-state index contributed by atoms with van der Waals surface area (Å²) in [4.78, 5) is 13.0. The van der Waals surface area contributed by atoms with Gasteiger partial charge in [-0.3, -0.25) is 4.79 Å². The largest absolute Gasteiger partial charge is 0.495 e. The second kappa shape index (κ2) is 10.4. The second-order valence-electron chi connectivity index (χ2n) is 7.90. The number of rotatable bonds is 8. The summed E-state index contributed by atoms with van der Waals surface area (Å²) in [6, 6.07) is 18.1. The summed E-state index contributed by atoms with van der Waals surface area (Å²) in [7, 11) is -2.40. The lowest BCUT2D eigenvalue weighted by Gasteiger charge is -2.27. The molecule has 0 bridgehead atoms. The minimum atomic E-state index is -3.81. The topological polar surface area (TPSA) is 94.2 Å². The van der Waals surface area contributed by atoms with Crippen LogP contribution in [0.1, 0.15) is 13.3 Å². The molecule has 1 saturated heterocycles. The number of ether oxygens (including phenoxy) is 3. The van der Waals surface area contributed by atoms with Gasteiger partial charge in [0.05, 0.1) is 20.3 Å². The number of carbonyl (C=O) groups is 1. The molecule has 1 heterocycles. The monoisotopic (exact) mass is 484 g/mol. The number of morpholine rings is 1. The highest BCUT2D eigenvalue weighted by atomic mass is 32.2. The zero-order valence-electron chi connectivity index (χ0n) is 19.2. The third-order valence-corrected chi connectivity index (χ3v) is 7.60. The molecule has 1 aliphatic heterocycles. The Morgan fingerprint density at radius 2 is 1.79 bits per heavy atom. The first-order valence-corrected chi connectivity index (χ1v) is 12.6. The van der Waals surface area contributed by atoms with E-state index in [4.69, 9.17) is 14.2 Å². The van der Waals surface area contributed by atoms with E-state index in [0.717, 1.165) is 10.8 Å². The quantitative estimate of drug-likeness (QED) is 0.524. The van der Waals surface area contributed by atoms with Crippen molar-refractivity contribution in [1.29, 1.82) is 0 Å². The van der Waals surface area contributed by atoms with Crippen LogP contribution in [0.4, 0.5) is 5.69 Å². The summed E-state index contributed by atoms with van der Waals surface area (Å²) in [5, 5.41) is 4.89. The number of fused-ring (bicyclic) bond motifs is 1. The summed E-state index contributed by atoms with van der Waals surface area (Å²) in [6.07, 6.45) is -0.309. The number of sulfonamides is 1. The average molecular weight is 485 g/mol. The number of nitrogens with one attached hydrogen (secondary N) is 1. The highest BCUT2D eigenvalue weighted by Gasteiger charge is 2.30. The third-order valence-electron chi connectivity index (χ3n) is 5.68. The van der Waals surface area contributed by atoms with Crippen molar-refractivity contribution in [1.82, 2.24) is 4.31 Å². The molecule has 0 aromatic heterocycles. The summed E-state index contributed by atoms with van der Waals surface area (Å²) in [5.41, 5.74) is 0.346. The van der Waals surface area contributed by atoms with Crippen LogP contribution >= 0.6 is 0 Å². The number of methoxy groups -OCH3 is 1. The standard InChI is InChI=1S/C25H28N2O6S/c1-3-22(33-21-10-8-18-6-4-5-7-19(18)16-21)25(28)26-20-9-11-23(31-2)24(17-20)34(29,30)27-12-14-32-15-13-27/h4-11,16-17,22H,3,12-15H2,1-2H3,(H,26,28). The van der Waals surface area contributed by atoms with Gasteiger partial charge in [-0.05, 0) is 47.5 Å². The molecule has 1 amide bonds. The normalized spacial score (nSPS) is 15.6. The van der Waals surface area contributed by atoms with Gasteiger partial charge in [-0.15, -0.1) is 0 Å². The summed E-state index contributed by atoms with van der Waals surface area (Å²) in [5.74, 6) is 0.436. The van der Waals surface area contributed by atoms with Crippen LogP contribution in [0, 0.1) is 0 Å². The molecule has 180 valence electrons. The molecular weight excluding hydrogens is 456 g/mol. The maximum atomic E-state index is 13.2. The molecule has 1 atom stereocenters. The van der Waals surface area contributed by atoms with Crippen LogP contribution in [0.3, 0.4) is 0 Å². The lowest BCUT2D eigenvalue weighted by atomic mass is 10.1. The van der Waals surface area contributed by atoms with Crippen molar-refractivity contribution in [3.8, 4) is 11.5 Å². The van der Waals surface area contributed by atoms with E-state index in [1.807, 2.05) is 49.4 Å². The van der Waals surface area contributed by atoms with Gasteiger partial charge in [0.1, 0.15) is 16.4 Å². The smallest absolute Gasteiger partial charge is 0.265 e. The predicted molar refractivity (Wildman–Crippen MR) is 130 cm³/mol. The number of hydrogen-bond donors (Lipinski definition) is 1. The van der Waals surface area contributed by atoms with Crippen LogP contribution in [0.2, 0.25) is 0 Å². The Balaban J connectivity index is 1.53. The van der Waals surface area contributed by atoms with Crippen molar-refractivity contribution < 1.29 is 27.4 Å². The zero-order valence-corrected chi connectivity index (χ0v) is 20.0. The first-order valence-electron chi connectivity index (χ1n) is 11.1. The van der Waals surface area contributed by atoms with E-state index in [1.165, 1.54) is 23.5 Å². The molecule has 9 heteroatoms. The van der Waals surface area contributed by atoms with Gasteiger partial charge in [0, 0.05) is 18.8 Å². The number of amides is 1. The van der Waals surface area contributed by atoms with Gasteiger partial charge in [-0.2, -0.15) is 4.31 Å². The number of nitrogens with zero attached hydrogens (tertiary/aromatic N) is 1. The molecular formula is C25H28N2O6S. The van der Waals surface area contributed by atoms with Crippen LogP contribution in [0.15, 0.2) is 65.6 Å². The van der Waals surface area contributed by atoms with E-state index in [1.54, 1.807) is 6.07 Å². The molecule has 34 heavy (non-hydrogen) atoms. The molecule has 1 fully saturated rings. The predicted octanol–water partition coefficient (Wildman–Crippen LogP) is 3.67. The Bertz CT molecular complexity index is 1270. The van der Waals surface area contributed by atoms with Gasteiger partial charge < -0.3 is 19.5 Å². The lowest BCUT2D eigenvalue weighted by Crippen LogP contribution is -2.40. The van der Waals surface area contributed by atoms with Gasteiger partial charge in [-0.1, -0.05) is 37.3 Å². The van der Waals surface area contributed by atoms with Crippen LogP contribution in [-0.4, -0.2) is 58.1 Å². The molecule has 3 aromatic rings. The minimum absolute atomic E-state index is 0.00167. The van der Waals surface area contributed by atoms with Gasteiger partial charge in [0.25, 0.3) is 5.91 Å². The fourth-order valence-corrected chi connectivity index (χ4v) is 5.42. The highest BCUT2D eigenvalue weighted by molar-refractivity contribution is 7.89. The van der Waals surface area contributed by atoms with E-state index in [2.05, 4.69) is 5.32 Å². The van der Waals surface area contributed by atoms with Crippen molar-refractivity contribution in [3.63, 3.8) is 0 Å². The van der Waals surface area contributed by atoms with E-state index >= 15 is 0 Å². The molecule has 8 nitrogen and oxygen atoms in total. The maximum absolute atomic E-state index is 13.2. The Kier molecular flexibility index (Phi) is 7.35. The minimum Gasteiger partial charge on any atom is -0.495 e. The summed E-state index contributed by atoms with van der Waals surface area (Å²) >= 11 is 0. The molecule has 0 spiro atoms. The molecule has 0 aliphatic carbocycles. The lowest BCUT2D eigenvalue weighted by molar-refractivity contribution is -0.122. The molecule has 3 aromatic carbocycles. The van der Waals surface area contributed by atoms with Gasteiger partial charge in [-0.25, -0.2) is 8.42 Å². The average Bonchev–Trinajstić information content (AvgIpc) is 2.87. The first-order chi connectivity index (χ1) is 16.4. The van der Waals surface area contributed by atoms with Crippen molar-refractivity contribution in [2.24, 2.45) is 0 Å². The number of carbonyl (C=O) groups excluding carboxylic acids is 1. The molecule has 1 unspecified atom stereocenters. The van der Waals surface area contributed by atoms with Crippen molar-refractivity contribution >= 4 is 32.4 Å². The third kappa shape index (κ3) is 5.16. The zero-order chi connectivity index (χ0) is 24.1. The van der Waals surface area contributed by atoms with E-state index in [0.29, 0.717) is 31.1 Å². The number of anilines is 1. The fraction of sp³-hybridized carbons (Fsp3) is 0.320. The maximum Gasteiger partial charge on any atom is 0.265 e. The van der Waals surface area contributed by atoms with E-state index in [-0.39, 0.29) is 29.6 Å².